The van der Waals surface area contributed by atoms with E-state index in [9.17, 15) is 31.4 Å². The summed E-state index contributed by atoms with van der Waals surface area (Å²) in [4.78, 5) is 23.1. The van der Waals surface area contributed by atoms with Crippen LogP contribution in [0.15, 0.2) is 0 Å². The Morgan fingerprint density at radius 2 is 1.54 bits per heavy atom. The van der Waals surface area contributed by atoms with Gasteiger partial charge in [0.25, 0.3) is 0 Å². The van der Waals surface area contributed by atoms with Crippen molar-refractivity contribution in [2.45, 2.75) is 43.3 Å². The summed E-state index contributed by atoms with van der Waals surface area (Å²) in [6.07, 6.45) is -0.221. The van der Waals surface area contributed by atoms with Gasteiger partial charge in [0.2, 0.25) is 11.1 Å². The second kappa shape index (κ2) is 8.24. The van der Waals surface area contributed by atoms with Gasteiger partial charge in [0.1, 0.15) is 0 Å². The Morgan fingerprint density at radius 3 is 1.96 bits per heavy atom. The SMILES string of the molecule is COC(=O)C1CCC(C(=O)OCCC(F)(F)C(F)(F)S(=O)O)CC1. The maximum absolute atomic E-state index is 13.2. The van der Waals surface area contributed by atoms with Gasteiger partial charge in [-0.3, -0.25) is 9.59 Å². The molecule has 0 bridgehead atoms. The summed E-state index contributed by atoms with van der Waals surface area (Å²) in [5.41, 5.74) is 0. The minimum atomic E-state index is -5.13. The topological polar surface area (TPSA) is 89.9 Å². The number of hydrogen-bond donors (Lipinski definition) is 1. The summed E-state index contributed by atoms with van der Waals surface area (Å²) in [6, 6.07) is 0. The summed E-state index contributed by atoms with van der Waals surface area (Å²) in [5.74, 6) is -6.92. The van der Waals surface area contributed by atoms with E-state index >= 15 is 0 Å². The molecule has 24 heavy (non-hydrogen) atoms. The van der Waals surface area contributed by atoms with Crippen LogP contribution in [0.1, 0.15) is 32.1 Å². The Bertz CT molecular complexity index is 491. The molecular weight excluding hydrogens is 360 g/mol. The van der Waals surface area contributed by atoms with Crippen LogP contribution in [-0.2, 0) is 30.1 Å². The zero-order valence-electron chi connectivity index (χ0n) is 12.8. The molecule has 1 N–H and O–H groups in total. The van der Waals surface area contributed by atoms with Crippen molar-refractivity contribution >= 4 is 23.0 Å². The van der Waals surface area contributed by atoms with Crippen LogP contribution in [0.4, 0.5) is 17.6 Å². The van der Waals surface area contributed by atoms with Crippen LogP contribution in [0.5, 0.6) is 0 Å². The summed E-state index contributed by atoms with van der Waals surface area (Å²) in [6.45, 7) is -1.00. The van der Waals surface area contributed by atoms with Gasteiger partial charge in [0.05, 0.1) is 32.0 Å². The minimum Gasteiger partial charge on any atom is -0.469 e. The summed E-state index contributed by atoms with van der Waals surface area (Å²) >= 11 is -4.04. The van der Waals surface area contributed by atoms with Crippen LogP contribution in [0.2, 0.25) is 0 Å². The standard InChI is InChI=1S/C13H18F4O6S/c1-22-10(18)8-2-4-9(5-3-8)11(19)23-7-6-12(14,15)13(16,17)24(20)21/h8-9H,2-7H2,1H3,(H,20,21). The predicted octanol–water partition coefficient (Wildman–Crippen LogP) is 2.35. The molecule has 1 rings (SSSR count). The third-order valence-corrected chi connectivity index (χ3v) is 4.64. The fourth-order valence-corrected chi connectivity index (χ4v) is 2.76. The molecular formula is C13H18F4O6S. The number of hydrogen-bond acceptors (Lipinski definition) is 5. The van der Waals surface area contributed by atoms with Gasteiger partial charge < -0.3 is 14.0 Å². The number of ether oxygens (including phenoxy) is 2. The Hall–Kier alpha value is -1.23. The minimum absolute atomic E-state index is 0.297. The van der Waals surface area contributed by atoms with Crippen molar-refractivity contribution in [2.75, 3.05) is 13.7 Å². The fraction of sp³-hybridized carbons (Fsp3) is 0.846. The maximum Gasteiger partial charge on any atom is 0.406 e. The molecule has 6 nitrogen and oxygen atoms in total. The lowest BCUT2D eigenvalue weighted by Gasteiger charge is -2.26. The van der Waals surface area contributed by atoms with E-state index < -0.39 is 47.2 Å². The lowest BCUT2D eigenvalue weighted by atomic mass is 9.82. The Balaban J connectivity index is 2.43. The lowest BCUT2D eigenvalue weighted by molar-refractivity contribution is -0.174. The number of carbonyl (C=O) groups is 2. The van der Waals surface area contributed by atoms with Crippen molar-refractivity contribution < 1.29 is 45.4 Å². The average molecular weight is 378 g/mol. The van der Waals surface area contributed by atoms with Gasteiger partial charge in [0.15, 0.2) is 0 Å². The van der Waals surface area contributed by atoms with Gasteiger partial charge in [-0.25, -0.2) is 4.21 Å². The molecule has 1 aliphatic rings. The molecule has 1 unspecified atom stereocenters. The molecule has 0 amide bonds. The summed E-state index contributed by atoms with van der Waals surface area (Å²) in [5, 5.41) is -5.13. The Kier molecular flexibility index (Phi) is 7.14. The van der Waals surface area contributed by atoms with E-state index in [4.69, 9.17) is 4.55 Å². The summed E-state index contributed by atoms with van der Waals surface area (Å²) < 4.78 is 79.7. The molecule has 1 aliphatic carbocycles. The first-order chi connectivity index (χ1) is 11.0. The third-order valence-electron chi connectivity index (χ3n) is 3.90. The van der Waals surface area contributed by atoms with Crippen LogP contribution in [0, 0.1) is 11.8 Å². The first-order valence-corrected chi connectivity index (χ1v) is 8.24. The maximum atomic E-state index is 13.2. The second-order valence-corrected chi connectivity index (χ2v) is 6.47. The van der Waals surface area contributed by atoms with Crippen molar-refractivity contribution in [1.82, 2.24) is 0 Å². The van der Waals surface area contributed by atoms with Crippen LogP contribution in [-0.4, -0.2) is 45.6 Å². The highest BCUT2D eigenvalue weighted by Gasteiger charge is 2.61. The van der Waals surface area contributed by atoms with E-state index in [0.717, 1.165) is 0 Å². The van der Waals surface area contributed by atoms with Crippen molar-refractivity contribution in [3.05, 3.63) is 0 Å². The lowest BCUT2D eigenvalue weighted by Crippen LogP contribution is -2.44. The van der Waals surface area contributed by atoms with Crippen molar-refractivity contribution in [3.8, 4) is 0 Å². The fourth-order valence-electron chi connectivity index (χ4n) is 2.40. The van der Waals surface area contributed by atoms with Crippen LogP contribution >= 0.6 is 0 Å². The largest absolute Gasteiger partial charge is 0.469 e. The highest BCUT2D eigenvalue weighted by Crippen LogP contribution is 2.39. The first-order valence-electron chi connectivity index (χ1n) is 7.14. The van der Waals surface area contributed by atoms with Gasteiger partial charge in [-0.1, -0.05) is 0 Å². The third kappa shape index (κ3) is 4.88. The number of carbonyl (C=O) groups excluding carboxylic acids is 2. The normalized spacial score (nSPS) is 23.4. The van der Waals surface area contributed by atoms with Crippen LogP contribution in [0.25, 0.3) is 0 Å². The molecule has 1 saturated carbocycles. The molecule has 0 radical (unpaired) electrons. The zero-order valence-corrected chi connectivity index (χ0v) is 13.6. The number of alkyl halides is 4. The van der Waals surface area contributed by atoms with Crippen molar-refractivity contribution in [3.63, 3.8) is 0 Å². The van der Waals surface area contributed by atoms with Gasteiger partial charge in [-0.15, -0.1) is 0 Å². The monoisotopic (exact) mass is 378 g/mol. The molecule has 0 aromatic heterocycles. The van der Waals surface area contributed by atoms with E-state index in [2.05, 4.69) is 9.47 Å². The second-order valence-electron chi connectivity index (χ2n) is 5.46. The van der Waals surface area contributed by atoms with Crippen LogP contribution in [0.3, 0.4) is 0 Å². The number of esters is 2. The number of halogens is 4. The first kappa shape index (κ1) is 20.8. The highest BCUT2D eigenvalue weighted by atomic mass is 32.2. The van der Waals surface area contributed by atoms with Gasteiger partial charge in [0, 0.05) is 0 Å². The van der Waals surface area contributed by atoms with Gasteiger partial charge in [-0.2, -0.15) is 17.6 Å². The Labute approximate surface area is 138 Å². The number of rotatable bonds is 7. The Morgan fingerprint density at radius 1 is 1.08 bits per heavy atom. The summed E-state index contributed by atoms with van der Waals surface area (Å²) in [7, 11) is 1.25. The van der Waals surface area contributed by atoms with Crippen LogP contribution < -0.4 is 0 Å². The van der Waals surface area contributed by atoms with Gasteiger partial charge in [-0.05, 0) is 25.7 Å². The average Bonchev–Trinajstić information content (AvgIpc) is 2.53. The van der Waals surface area contributed by atoms with Crippen molar-refractivity contribution in [2.24, 2.45) is 11.8 Å². The van der Waals surface area contributed by atoms with E-state index in [-0.39, 0.29) is 11.9 Å². The van der Waals surface area contributed by atoms with E-state index in [1.807, 2.05) is 0 Å². The van der Waals surface area contributed by atoms with E-state index in [1.165, 1.54) is 7.11 Å². The molecule has 11 heteroatoms. The van der Waals surface area contributed by atoms with E-state index in [1.54, 1.807) is 0 Å². The molecule has 0 aromatic rings. The highest BCUT2D eigenvalue weighted by molar-refractivity contribution is 7.80. The number of methoxy groups -OCH3 is 1. The molecule has 0 saturated heterocycles. The van der Waals surface area contributed by atoms with Crippen molar-refractivity contribution in [1.29, 1.82) is 0 Å². The quantitative estimate of drug-likeness (QED) is 0.416. The molecule has 1 fully saturated rings. The van der Waals surface area contributed by atoms with Gasteiger partial charge >= 0.3 is 23.1 Å². The molecule has 1 atom stereocenters. The predicted molar refractivity (Wildman–Crippen MR) is 73.7 cm³/mol. The zero-order chi connectivity index (χ0) is 18.5. The smallest absolute Gasteiger partial charge is 0.406 e. The molecule has 0 aliphatic heterocycles. The molecule has 0 heterocycles. The van der Waals surface area contributed by atoms with E-state index in [0.29, 0.717) is 25.7 Å². The molecule has 0 spiro atoms. The molecule has 140 valence electrons. The molecule has 0 aromatic carbocycles.